The van der Waals surface area contributed by atoms with Crippen LogP contribution in [0.4, 0.5) is 0 Å². The zero-order chi connectivity index (χ0) is 23.5. The molecule has 9 atom stereocenters. The maximum absolute atomic E-state index is 12.9. The fourth-order valence-corrected chi connectivity index (χ4v) is 9.71. The number of likely N-dealkylation sites (tertiary alicyclic amines) is 1. The fraction of sp³-hybridized carbons (Fsp3) is 0.897. The average molecular weight is 457 g/mol. The van der Waals surface area contributed by atoms with Crippen LogP contribution in [0.5, 0.6) is 0 Å². The molecule has 1 amide bonds. The first-order valence-electron chi connectivity index (χ1n) is 14.1. The first-order chi connectivity index (χ1) is 15.7. The molecule has 0 aromatic heterocycles. The number of hydrogen-bond acceptors (Lipinski definition) is 3. The van der Waals surface area contributed by atoms with Crippen molar-refractivity contribution in [2.75, 3.05) is 20.6 Å². The molecule has 4 heteroatoms. The third-order valence-corrected chi connectivity index (χ3v) is 11.7. The number of nitrogens with zero attached hydrogens (tertiary/aromatic N) is 2. The molecule has 0 aromatic carbocycles. The Kier molecular flexibility index (Phi) is 6.26. The fourth-order valence-electron chi connectivity index (χ4n) is 9.71. The van der Waals surface area contributed by atoms with Gasteiger partial charge in [0.15, 0.2) is 0 Å². The second-order valence-corrected chi connectivity index (χ2v) is 12.9. The zero-order valence-electron chi connectivity index (χ0n) is 21.9. The summed E-state index contributed by atoms with van der Waals surface area (Å²) in [6.07, 6.45) is 14.6. The van der Waals surface area contributed by atoms with E-state index in [0.29, 0.717) is 17.3 Å². The van der Waals surface area contributed by atoms with Crippen molar-refractivity contribution in [3.63, 3.8) is 0 Å². The Morgan fingerprint density at radius 3 is 2.73 bits per heavy atom. The summed E-state index contributed by atoms with van der Waals surface area (Å²) in [6, 6.07) is 1.01. The van der Waals surface area contributed by atoms with Crippen molar-refractivity contribution < 1.29 is 9.90 Å². The number of amides is 1. The maximum atomic E-state index is 12.9. The highest BCUT2D eigenvalue weighted by molar-refractivity contribution is 5.80. The molecule has 1 aliphatic heterocycles. The number of unbranched alkanes of at least 4 members (excludes halogenated alkanes) is 1. The summed E-state index contributed by atoms with van der Waals surface area (Å²) in [4.78, 5) is 17.4. The van der Waals surface area contributed by atoms with Gasteiger partial charge in [0.25, 0.3) is 5.91 Å². The van der Waals surface area contributed by atoms with Crippen molar-refractivity contribution in [1.82, 2.24) is 9.80 Å². The minimum Gasteiger partial charge on any atom is -0.383 e. The second kappa shape index (κ2) is 8.66. The SMILES string of the molecule is CCCCC(O)C(=O)N(C)[C@H]1CC[C@@]2(C)C(=CC[C@H]3[C@@H]4CC[C@@H]5[C@H](C)N(C)C[C@@]54CC[C@@H]32)C1. The van der Waals surface area contributed by atoms with E-state index < -0.39 is 6.10 Å². The predicted molar refractivity (Wildman–Crippen MR) is 134 cm³/mol. The Bertz CT molecular complexity index is 794. The first-order valence-corrected chi connectivity index (χ1v) is 14.1. The van der Waals surface area contributed by atoms with Gasteiger partial charge in [-0.15, -0.1) is 0 Å². The normalized spacial score (nSPS) is 45.5. The number of carbonyl (C=O) groups is 1. The highest BCUT2D eigenvalue weighted by Crippen LogP contribution is 2.68. The third kappa shape index (κ3) is 3.56. The predicted octanol–water partition coefficient (Wildman–Crippen LogP) is 5.26. The van der Waals surface area contributed by atoms with Gasteiger partial charge in [-0.1, -0.05) is 38.3 Å². The number of rotatable bonds is 5. The van der Waals surface area contributed by atoms with Gasteiger partial charge in [0.2, 0.25) is 0 Å². The number of carbonyl (C=O) groups excluding carboxylic acids is 1. The molecule has 1 N–H and O–H groups in total. The minimum atomic E-state index is -0.829. The van der Waals surface area contributed by atoms with E-state index in [1.807, 2.05) is 11.9 Å². The van der Waals surface area contributed by atoms with Crippen LogP contribution in [0, 0.1) is 34.5 Å². The Hall–Kier alpha value is -0.870. The largest absolute Gasteiger partial charge is 0.383 e. The van der Waals surface area contributed by atoms with Gasteiger partial charge >= 0.3 is 0 Å². The molecule has 1 unspecified atom stereocenters. The molecule has 5 rings (SSSR count). The summed E-state index contributed by atoms with van der Waals surface area (Å²) in [6.45, 7) is 8.48. The Morgan fingerprint density at radius 2 is 1.97 bits per heavy atom. The van der Waals surface area contributed by atoms with Gasteiger partial charge in [0, 0.05) is 25.7 Å². The van der Waals surface area contributed by atoms with Crippen LogP contribution >= 0.6 is 0 Å². The molecule has 4 aliphatic carbocycles. The van der Waals surface area contributed by atoms with Gasteiger partial charge in [-0.25, -0.2) is 0 Å². The first kappa shape index (κ1) is 23.9. The molecular weight excluding hydrogens is 408 g/mol. The molecule has 186 valence electrons. The monoisotopic (exact) mass is 456 g/mol. The molecule has 0 bridgehead atoms. The lowest BCUT2D eigenvalue weighted by molar-refractivity contribution is -0.142. The molecule has 33 heavy (non-hydrogen) atoms. The summed E-state index contributed by atoms with van der Waals surface area (Å²) in [5.41, 5.74) is 2.54. The molecule has 1 heterocycles. The van der Waals surface area contributed by atoms with Crippen LogP contribution in [0.15, 0.2) is 11.6 Å². The number of likely N-dealkylation sites (N-methyl/N-ethyl adjacent to an activating group) is 1. The van der Waals surface area contributed by atoms with E-state index >= 15 is 0 Å². The molecule has 0 aromatic rings. The lowest BCUT2D eigenvalue weighted by Gasteiger charge is -2.58. The van der Waals surface area contributed by atoms with Crippen LogP contribution in [-0.2, 0) is 4.79 Å². The molecule has 4 fully saturated rings. The second-order valence-electron chi connectivity index (χ2n) is 12.9. The summed E-state index contributed by atoms with van der Waals surface area (Å²) in [5, 5.41) is 10.4. The van der Waals surface area contributed by atoms with Gasteiger partial charge in [0.05, 0.1) is 0 Å². The standard InChI is InChI=1S/C29H48N2O2/c1-6-7-8-26(32)27(33)31(5)21-13-15-28(3)20(17-21)9-10-22-24(28)14-16-29-18-30(4)19(2)23(29)11-12-25(22)29/h9,19,21-26,32H,6-8,10-18H2,1-5H3/t19-,21-,22+,23+,24-,25-,26?,28-,29-/m0/s1. The molecule has 3 saturated carbocycles. The van der Waals surface area contributed by atoms with E-state index in [4.69, 9.17) is 0 Å². The van der Waals surface area contributed by atoms with Crippen LogP contribution in [0.25, 0.3) is 0 Å². The molecule has 1 saturated heterocycles. The summed E-state index contributed by atoms with van der Waals surface area (Å²) in [5.74, 6) is 3.45. The van der Waals surface area contributed by atoms with Crippen molar-refractivity contribution in [1.29, 1.82) is 0 Å². The van der Waals surface area contributed by atoms with Crippen molar-refractivity contribution in [2.45, 2.75) is 110 Å². The number of fused-ring (bicyclic) bond motifs is 4. The van der Waals surface area contributed by atoms with Crippen molar-refractivity contribution in [3.05, 3.63) is 11.6 Å². The molecule has 5 aliphatic rings. The van der Waals surface area contributed by atoms with Crippen LogP contribution < -0.4 is 0 Å². The van der Waals surface area contributed by atoms with Crippen molar-refractivity contribution >= 4 is 5.91 Å². The van der Waals surface area contributed by atoms with Crippen LogP contribution in [-0.4, -0.2) is 59.6 Å². The Labute approximate surface area is 202 Å². The number of aliphatic hydroxyl groups excluding tert-OH is 1. The van der Waals surface area contributed by atoms with Gasteiger partial charge < -0.3 is 14.9 Å². The summed E-state index contributed by atoms with van der Waals surface area (Å²) in [7, 11) is 4.29. The molecule has 0 radical (unpaired) electrons. The van der Waals surface area contributed by atoms with Gasteiger partial charge in [-0.3, -0.25) is 4.79 Å². The zero-order valence-corrected chi connectivity index (χ0v) is 21.9. The minimum absolute atomic E-state index is 0.0672. The highest BCUT2D eigenvalue weighted by atomic mass is 16.3. The van der Waals surface area contributed by atoms with Gasteiger partial charge in [-0.2, -0.15) is 0 Å². The smallest absolute Gasteiger partial charge is 0.251 e. The average Bonchev–Trinajstić information content (AvgIpc) is 3.29. The van der Waals surface area contributed by atoms with Crippen molar-refractivity contribution in [2.24, 2.45) is 34.5 Å². The maximum Gasteiger partial charge on any atom is 0.251 e. The van der Waals surface area contributed by atoms with E-state index in [1.54, 1.807) is 5.57 Å². The van der Waals surface area contributed by atoms with Crippen LogP contribution in [0.2, 0.25) is 0 Å². The third-order valence-electron chi connectivity index (χ3n) is 11.7. The summed E-state index contributed by atoms with van der Waals surface area (Å²) >= 11 is 0. The Morgan fingerprint density at radius 1 is 1.21 bits per heavy atom. The molecular formula is C29H48N2O2. The number of allylic oxidation sites excluding steroid dienone is 1. The quantitative estimate of drug-likeness (QED) is 0.574. The van der Waals surface area contributed by atoms with Gasteiger partial charge in [-0.05, 0) is 106 Å². The molecule has 1 spiro atoms. The Balaban J connectivity index is 1.31. The number of hydrogen-bond donors (Lipinski definition) is 1. The molecule has 4 nitrogen and oxygen atoms in total. The van der Waals surface area contributed by atoms with E-state index in [2.05, 4.69) is 38.8 Å². The van der Waals surface area contributed by atoms with E-state index in [9.17, 15) is 9.90 Å². The van der Waals surface area contributed by atoms with Crippen LogP contribution in [0.3, 0.4) is 0 Å². The van der Waals surface area contributed by atoms with E-state index in [0.717, 1.165) is 55.4 Å². The van der Waals surface area contributed by atoms with E-state index in [1.165, 1.54) is 45.1 Å². The number of aliphatic hydroxyl groups is 1. The lowest BCUT2D eigenvalue weighted by Crippen LogP contribution is -2.53. The topological polar surface area (TPSA) is 43.8 Å². The van der Waals surface area contributed by atoms with Crippen LogP contribution in [0.1, 0.15) is 91.4 Å². The summed E-state index contributed by atoms with van der Waals surface area (Å²) < 4.78 is 0. The van der Waals surface area contributed by atoms with Crippen molar-refractivity contribution in [3.8, 4) is 0 Å². The lowest BCUT2D eigenvalue weighted by atomic mass is 9.47. The highest BCUT2D eigenvalue weighted by Gasteiger charge is 2.64. The van der Waals surface area contributed by atoms with Gasteiger partial charge in [0.1, 0.15) is 6.10 Å². The van der Waals surface area contributed by atoms with E-state index in [-0.39, 0.29) is 11.9 Å².